The second-order valence-electron chi connectivity index (χ2n) is 6.93. The lowest BCUT2D eigenvalue weighted by atomic mass is 10.2. The number of hydrogen-bond acceptors (Lipinski definition) is 4. The van der Waals surface area contributed by atoms with Gasteiger partial charge in [0.05, 0.1) is 20.6 Å². The molecule has 3 aromatic carbocycles. The van der Waals surface area contributed by atoms with Crippen LogP contribution in [0.1, 0.15) is 5.56 Å². The summed E-state index contributed by atoms with van der Waals surface area (Å²) < 4.78 is 27.8. The molecule has 0 spiro atoms. The molecule has 5 nitrogen and oxygen atoms in total. The van der Waals surface area contributed by atoms with E-state index < -0.39 is 15.9 Å². The van der Waals surface area contributed by atoms with Gasteiger partial charge in [0.25, 0.3) is 10.0 Å². The van der Waals surface area contributed by atoms with Crippen molar-refractivity contribution in [2.45, 2.75) is 16.7 Å². The van der Waals surface area contributed by atoms with E-state index in [2.05, 4.69) is 5.32 Å². The SMILES string of the molecule is Cc1ccc(S(=O)(=O)N(CC(=O)NCCSc2ccccc2)c2ccc(Cl)c(Cl)c2)cc1. The zero-order chi connectivity index (χ0) is 23.1. The van der Waals surface area contributed by atoms with Gasteiger partial charge in [-0.1, -0.05) is 59.1 Å². The second-order valence-corrected chi connectivity index (χ2v) is 10.8. The molecule has 0 aromatic heterocycles. The highest BCUT2D eigenvalue weighted by Gasteiger charge is 2.27. The zero-order valence-corrected chi connectivity index (χ0v) is 20.4. The van der Waals surface area contributed by atoms with Gasteiger partial charge < -0.3 is 5.32 Å². The molecule has 0 heterocycles. The fraction of sp³-hybridized carbons (Fsp3) is 0.174. The van der Waals surface area contributed by atoms with E-state index in [0.717, 1.165) is 14.8 Å². The Balaban J connectivity index is 1.75. The molecule has 1 N–H and O–H groups in total. The first-order valence-corrected chi connectivity index (χ1v) is 12.9. The molecule has 0 aliphatic heterocycles. The van der Waals surface area contributed by atoms with Crippen LogP contribution in [0, 0.1) is 6.92 Å². The van der Waals surface area contributed by atoms with Gasteiger partial charge in [-0.15, -0.1) is 11.8 Å². The molecule has 9 heteroatoms. The summed E-state index contributed by atoms with van der Waals surface area (Å²) in [5.74, 6) is 0.244. The number of nitrogens with one attached hydrogen (secondary N) is 1. The van der Waals surface area contributed by atoms with Crippen LogP contribution in [0.5, 0.6) is 0 Å². The smallest absolute Gasteiger partial charge is 0.264 e. The van der Waals surface area contributed by atoms with Crippen molar-refractivity contribution in [3.63, 3.8) is 0 Å². The van der Waals surface area contributed by atoms with Crippen LogP contribution < -0.4 is 9.62 Å². The standard InChI is InChI=1S/C23H22Cl2N2O3S2/c1-17-7-10-20(11-8-17)32(29,30)27(18-9-12-21(24)22(25)15-18)16-23(28)26-13-14-31-19-5-3-2-4-6-19/h2-12,15H,13-14,16H2,1H3,(H,26,28). The molecule has 168 valence electrons. The maximum atomic E-state index is 13.4. The highest BCUT2D eigenvalue weighted by Crippen LogP contribution is 2.30. The predicted octanol–water partition coefficient (Wildman–Crippen LogP) is 5.41. The van der Waals surface area contributed by atoms with Gasteiger partial charge in [-0.2, -0.15) is 0 Å². The number of amides is 1. The first-order chi connectivity index (χ1) is 15.3. The van der Waals surface area contributed by atoms with E-state index in [9.17, 15) is 13.2 Å². The van der Waals surface area contributed by atoms with Gasteiger partial charge in [0.2, 0.25) is 5.91 Å². The summed E-state index contributed by atoms with van der Waals surface area (Å²) in [5, 5.41) is 3.29. The van der Waals surface area contributed by atoms with Crippen LogP contribution in [0.25, 0.3) is 0 Å². The number of carbonyl (C=O) groups is 1. The molecule has 3 rings (SSSR count). The highest BCUT2D eigenvalue weighted by atomic mass is 35.5. The lowest BCUT2D eigenvalue weighted by Crippen LogP contribution is -2.41. The topological polar surface area (TPSA) is 66.5 Å². The Morgan fingerprint density at radius 2 is 1.66 bits per heavy atom. The number of benzene rings is 3. The Kier molecular flexibility index (Phi) is 8.48. The molecule has 0 saturated carbocycles. The molecule has 0 aliphatic rings. The van der Waals surface area contributed by atoms with Gasteiger partial charge in [0.1, 0.15) is 6.54 Å². The molecular weight excluding hydrogens is 487 g/mol. The molecule has 0 fully saturated rings. The highest BCUT2D eigenvalue weighted by molar-refractivity contribution is 7.99. The maximum Gasteiger partial charge on any atom is 0.264 e. The van der Waals surface area contributed by atoms with Crippen molar-refractivity contribution >= 4 is 56.6 Å². The molecule has 0 bridgehead atoms. The van der Waals surface area contributed by atoms with Crippen molar-refractivity contribution in [1.82, 2.24) is 5.32 Å². The van der Waals surface area contributed by atoms with E-state index in [1.165, 1.54) is 30.3 Å². The molecule has 3 aromatic rings. The van der Waals surface area contributed by atoms with Crippen molar-refractivity contribution in [3.05, 3.63) is 88.4 Å². The van der Waals surface area contributed by atoms with Crippen molar-refractivity contribution in [2.24, 2.45) is 0 Å². The minimum absolute atomic E-state index is 0.0848. The third kappa shape index (κ3) is 6.42. The van der Waals surface area contributed by atoms with E-state index >= 15 is 0 Å². The normalized spacial score (nSPS) is 11.2. The predicted molar refractivity (Wildman–Crippen MR) is 132 cm³/mol. The summed E-state index contributed by atoms with van der Waals surface area (Å²) in [6.45, 7) is 1.89. The Labute approximate surface area is 202 Å². The van der Waals surface area contributed by atoms with Crippen LogP contribution in [-0.4, -0.2) is 33.2 Å². The Morgan fingerprint density at radius 3 is 2.31 bits per heavy atom. The van der Waals surface area contributed by atoms with Crippen LogP contribution >= 0.6 is 35.0 Å². The van der Waals surface area contributed by atoms with Gasteiger partial charge in [0, 0.05) is 17.2 Å². The third-order valence-electron chi connectivity index (χ3n) is 4.52. The number of sulfonamides is 1. The van der Waals surface area contributed by atoms with Crippen LogP contribution in [-0.2, 0) is 14.8 Å². The maximum absolute atomic E-state index is 13.4. The molecule has 1 amide bonds. The van der Waals surface area contributed by atoms with Gasteiger partial charge >= 0.3 is 0 Å². The van der Waals surface area contributed by atoms with Crippen molar-refractivity contribution in [2.75, 3.05) is 23.1 Å². The number of thioether (sulfide) groups is 1. The Hall–Kier alpha value is -2.19. The first kappa shape index (κ1) is 24.5. The lowest BCUT2D eigenvalue weighted by Gasteiger charge is -2.24. The van der Waals surface area contributed by atoms with Gasteiger partial charge in [-0.3, -0.25) is 9.10 Å². The average molecular weight is 509 g/mol. The Bertz CT molecular complexity index is 1170. The second kappa shape index (κ2) is 11.1. The van der Waals surface area contributed by atoms with Crippen molar-refractivity contribution < 1.29 is 13.2 Å². The Morgan fingerprint density at radius 1 is 0.969 bits per heavy atom. The number of aryl methyl sites for hydroxylation is 1. The quantitative estimate of drug-likeness (QED) is 0.310. The van der Waals surface area contributed by atoms with Gasteiger partial charge in [-0.05, 0) is 49.4 Å². The zero-order valence-electron chi connectivity index (χ0n) is 17.3. The number of nitrogens with zero attached hydrogens (tertiary/aromatic N) is 1. The fourth-order valence-electron chi connectivity index (χ4n) is 2.86. The van der Waals surface area contributed by atoms with Crippen molar-refractivity contribution in [1.29, 1.82) is 0 Å². The van der Waals surface area contributed by atoms with Crippen molar-refractivity contribution in [3.8, 4) is 0 Å². The molecule has 0 unspecified atom stereocenters. The monoisotopic (exact) mass is 508 g/mol. The van der Waals surface area contributed by atoms with E-state index in [0.29, 0.717) is 17.3 Å². The number of rotatable bonds is 9. The summed E-state index contributed by atoms with van der Waals surface area (Å²) in [6, 6.07) is 20.8. The summed E-state index contributed by atoms with van der Waals surface area (Å²) in [6.07, 6.45) is 0. The number of anilines is 1. The van der Waals surface area contributed by atoms with Gasteiger partial charge in [-0.25, -0.2) is 8.42 Å². The summed E-state index contributed by atoms with van der Waals surface area (Å²) in [4.78, 5) is 13.8. The lowest BCUT2D eigenvalue weighted by molar-refractivity contribution is -0.119. The van der Waals surface area contributed by atoms with Gasteiger partial charge in [0.15, 0.2) is 0 Å². The number of halogens is 2. The first-order valence-electron chi connectivity index (χ1n) is 9.76. The number of hydrogen-bond donors (Lipinski definition) is 1. The van der Waals surface area contributed by atoms with Crippen LogP contribution in [0.15, 0.2) is 82.6 Å². The molecule has 0 radical (unpaired) electrons. The molecule has 0 atom stereocenters. The number of carbonyl (C=O) groups excluding carboxylic acids is 1. The minimum atomic E-state index is -4.00. The average Bonchev–Trinajstić information content (AvgIpc) is 2.78. The molecule has 0 aliphatic carbocycles. The summed E-state index contributed by atoms with van der Waals surface area (Å²) in [7, 11) is -4.00. The largest absolute Gasteiger partial charge is 0.354 e. The summed E-state index contributed by atoms with van der Waals surface area (Å²) in [5.41, 5.74) is 1.19. The molecule has 32 heavy (non-hydrogen) atoms. The van der Waals surface area contributed by atoms with Crippen LogP contribution in [0.3, 0.4) is 0 Å². The fourth-order valence-corrected chi connectivity index (χ4v) is 5.35. The molecule has 0 saturated heterocycles. The summed E-state index contributed by atoms with van der Waals surface area (Å²) >= 11 is 13.7. The van der Waals surface area contributed by atoms with E-state index in [1.807, 2.05) is 37.3 Å². The van der Waals surface area contributed by atoms with E-state index in [1.54, 1.807) is 23.9 Å². The van der Waals surface area contributed by atoms with E-state index in [4.69, 9.17) is 23.2 Å². The van der Waals surface area contributed by atoms with Crippen LogP contribution in [0.2, 0.25) is 10.0 Å². The minimum Gasteiger partial charge on any atom is -0.354 e. The third-order valence-corrected chi connectivity index (χ3v) is 8.06. The molecular formula is C23H22Cl2N2O3S2. The van der Waals surface area contributed by atoms with E-state index in [-0.39, 0.29) is 22.2 Å². The van der Waals surface area contributed by atoms with Crippen LogP contribution in [0.4, 0.5) is 5.69 Å².